The van der Waals surface area contributed by atoms with Crippen molar-refractivity contribution in [3.05, 3.63) is 164 Å². The molecule has 0 spiro atoms. The third-order valence-corrected chi connectivity index (χ3v) is 12.3. The first-order valence-electron chi connectivity index (χ1n) is 19.0. The molecule has 0 saturated heterocycles. The van der Waals surface area contributed by atoms with Crippen LogP contribution in [0.25, 0.3) is 89.1 Å². The number of nitrogens with zero attached hydrogens (tertiary/aromatic N) is 6. The first kappa shape index (κ1) is 34.1. The van der Waals surface area contributed by atoms with Crippen molar-refractivity contribution in [2.24, 2.45) is 0 Å². The Morgan fingerprint density at radius 3 is 2.03 bits per heavy atom. The number of allylic oxidation sites excluding steroid dienone is 4. The van der Waals surface area contributed by atoms with Gasteiger partial charge in [-0.2, -0.15) is 18.4 Å². The summed E-state index contributed by atoms with van der Waals surface area (Å²) in [6, 6.07) is 44.5. The molecule has 10 aromatic rings. The fourth-order valence-electron chi connectivity index (χ4n) is 8.32. The van der Waals surface area contributed by atoms with Gasteiger partial charge in [0.15, 0.2) is 5.82 Å². The van der Waals surface area contributed by atoms with Crippen molar-refractivity contribution in [3.8, 4) is 34.4 Å². The van der Waals surface area contributed by atoms with E-state index in [4.69, 9.17) is 24.1 Å². The van der Waals surface area contributed by atoms with Gasteiger partial charge in [-0.1, -0.05) is 109 Å². The second-order valence-corrected chi connectivity index (χ2v) is 16.0. The van der Waals surface area contributed by atoms with Gasteiger partial charge in [0.1, 0.15) is 16.5 Å². The highest BCUT2D eigenvalue weighted by atomic mass is 32.2. The number of benzene rings is 6. The maximum absolute atomic E-state index is 12.7. The van der Waals surface area contributed by atoms with Crippen LogP contribution in [0.4, 0.5) is 0 Å². The largest absolute Gasteiger partial charge is 0.337 e. The van der Waals surface area contributed by atoms with E-state index in [1.807, 2.05) is 42.5 Å². The molecule has 1 unspecified atom stereocenters. The summed E-state index contributed by atoms with van der Waals surface area (Å²) in [6.45, 7) is 0. The Bertz CT molecular complexity index is 3440. The molecule has 0 fully saturated rings. The lowest BCUT2D eigenvalue weighted by molar-refractivity contribution is 0.398. The quantitative estimate of drug-likeness (QED) is 0.160. The Hall–Kier alpha value is -7.21. The Morgan fingerprint density at radius 2 is 1.33 bits per heavy atom. The number of para-hydroxylation sites is 3. The number of rotatable bonds is 7. The van der Waals surface area contributed by atoms with Gasteiger partial charge in [0.2, 0.25) is 5.95 Å². The summed E-state index contributed by atoms with van der Waals surface area (Å²) in [7, 11) is -2.79. The molecule has 10 nitrogen and oxygen atoms in total. The van der Waals surface area contributed by atoms with E-state index < -0.39 is 10.1 Å². The summed E-state index contributed by atoms with van der Waals surface area (Å²) in [5.74, 6) is 2.45. The molecule has 0 amide bonds. The van der Waals surface area contributed by atoms with Crippen LogP contribution in [0.3, 0.4) is 0 Å². The zero-order valence-corrected chi connectivity index (χ0v) is 31.9. The normalized spacial score (nSPS) is 14.5. The van der Waals surface area contributed by atoms with Crippen molar-refractivity contribution < 1.29 is 12.6 Å². The molecule has 0 aliphatic heterocycles. The van der Waals surface area contributed by atoms with Gasteiger partial charge in [-0.15, -0.1) is 0 Å². The van der Waals surface area contributed by atoms with Crippen LogP contribution in [0.5, 0.6) is 0 Å². The molecule has 1 aliphatic rings. The van der Waals surface area contributed by atoms with Gasteiger partial charge in [-0.25, -0.2) is 9.97 Å². The van der Waals surface area contributed by atoms with E-state index >= 15 is 0 Å². The second kappa shape index (κ2) is 13.2. The minimum Gasteiger partial charge on any atom is -0.337 e. The number of imidazole rings is 1. The lowest BCUT2D eigenvalue weighted by Crippen LogP contribution is -2.11. The van der Waals surface area contributed by atoms with Gasteiger partial charge in [0, 0.05) is 44.3 Å². The van der Waals surface area contributed by atoms with Crippen molar-refractivity contribution in [3.63, 3.8) is 0 Å². The van der Waals surface area contributed by atoms with Gasteiger partial charge >= 0.3 is 0 Å². The van der Waals surface area contributed by atoms with Crippen molar-refractivity contribution in [1.29, 1.82) is 0 Å². The van der Waals surface area contributed by atoms with Crippen molar-refractivity contribution in [2.45, 2.75) is 17.2 Å². The highest BCUT2D eigenvalue weighted by Gasteiger charge is 2.25. The maximum Gasteiger partial charge on any atom is 0.298 e. The van der Waals surface area contributed by atoms with E-state index in [1.54, 1.807) is 12.1 Å². The number of H-pyrrole nitrogens is 1. The number of hydrogen-bond donors (Lipinski definition) is 1. The molecule has 0 radical (unpaired) electrons. The van der Waals surface area contributed by atoms with Crippen LogP contribution < -0.4 is 0 Å². The van der Waals surface area contributed by atoms with Gasteiger partial charge in [0.05, 0.1) is 40.2 Å². The minimum atomic E-state index is -3.94. The van der Waals surface area contributed by atoms with Crippen LogP contribution >= 0.6 is 0 Å². The van der Waals surface area contributed by atoms with E-state index in [2.05, 4.69) is 111 Å². The molecule has 280 valence electrons. The molecule has 0 saturated carbocycles. The molecule has 4 aromatic heterocycles. The molecular weight excluding hydrogens is 743 g/mol. The van der Waals surface area contributed by atoms with E-state index in [1.165, 1.54) is 6.07 Å². The molecular formula is C47H33N7O3S. The topological polar surface area (TPSA) is 121 Å². The maximum atomic E-state index is 12.7. The molecule has 1 N–H and O–H groups in total. The fraction of sp³-hybridized carbons (Fsp3) is 0.0638. The smallest absolute Gasteiger partial charge is 0.298 e. The van der Waals surface area contributed by atoms with E-state index in [0.717, 1.165) is 79.8 Å². The number of aromatic nitrogens is 7. The predicted octanol–water partition coefficient (Wildman–Crippen LogP) is 10.2. The Kier molecular flexibility index (Phi) is 7.75. The first-order chi connectivity index (χ1) is 28.5. The van der Waals surface area contributed by atoms with Crippen LogP contribution in [0.2, 0.25) is 0 Å². The molecule has 1 aliphatic carbocycles. The summed E-state index contributed by atoms with van der Waals surface area (Å²) in [5.41, 5.74) is 7.64. The Morgan fingerprint density at radius 1 is 0.638 bits per heavy atom. The average molecular weight is 776 g/mol. The summed E-state index contributed by atoms with van der Waals surface area (Å²) in [5, 5.41) is 4.38. The van der Waals surface area contributed by atoms with Crippen LogP contribution in [0.1, 0.15) is 18.2 Å². The van der Waals surface area contributed by atoms with Crippen LogP contribution in [0, 0.1) is 0 Å². The zero-order valence-electron chi connectivity index (χ0n) is 31.1. The van der Waals surface area contributed by atoms with Gasteiger partial charge < -0.3 is 9.55 Å². The number of aromatic amines is 1. The lowest BCUT2D eigenvalue weighted by atomic mass is 10.00. The van der Waals surface area contributed by atoms with Gasteiger partial charge in [0.25, 0.3) is 10.1 Å². The zero-order chi connectivity index (χ0) is 39.0. The number of hydrogen-bond acceptors (Lipinski definition) is 7. The summed E-state index contributed by atoms with van der Waals surface area (Å²) < 4.78 is 34.7. The lowest BCUT2D eigenvalue weighted by Gasteiger charge is -2.16. The molecule has 0 bridgehead atoms. The van der Waals surface area contributed by atoms with Gasteiger partial charge in [-0.05, 0) is 55.0 Å². The fourth-order valence-corrected chi connectivity index (χ4v) is 9.15. The second-order valence-electron chi connectivity index (χ2n) is 14.3. The van der Waals surface area contributed by atoms with Gasteiger partial charge in [-0.3, -0.25) is 8.75 Å². The van der Waals surface area contributed by atoms with Crippen LogP contribution in [0.15, 0.2) is 163 Å². The highest BCUT2D eigenvalue weighted by Crippen LogP contribution is 2.42. The summed E-state index contributed by atoms with van der Waals surface area (Å²) in [6.07, 6.45) is 9.24. The monoisotopic (exact) mass is 775 g/mol. The molecule has 1 atom stereocenters. The first-order valence-corrected chi connectivity index (χ1v) is 20.4. The standard InChI is InChI=1S/C47H33N7O3S/c1-57-58(55,56)40-22-12-19-37-41(40)49-44(48-37)31-23-25-32(26-24-31)53-38-20-10-8-17-33(38)35-27-28-36-34-18-9-11-21-39(34)54(43(36)42(35)53)47-51-45(29-13-4-2-5-14-29)50-46(52-47)30-15-6-3-7-16-30/h2-15,17-28,30H,16H2,1H3,(H,48,49). The van der Waals surface area contributed by atoms with Crippen molar-refractivity contribution in [2.75, 3.05) is 7.11 Å². The minimum absolute atomic E-state index is 0.00927. The van der Waals surface area contributed by atoms with Crippen molar-refractivity contribution >= 4 is 64.8 Å². The number of nitrogens with one attached hydrogen (secondary N) is 1. The molecule has 11 heteroatoms. The molecule has 4 heterocycles. The Labute approximate surface area is 332 Å². The third-order valence-electron chi connectivity index (χ3n) is 11.0. The summed E-state index contributed by atoms with van der Waals surface area (Å²) in [4.78, 5) is 23.6. The summed E-state index contributed by atoms with van der Waals surface area (Å²) >= 11 is 0. The van der Waals surface area contributed by atoms with Crippen LogP contribution in [-0.2, 0) is 14.3 Å². The van der Waals surface area contributed by atoms with Crippen molar-refractivity contribution in [1.82, 2.24) is 34.1 Å². The predicted molar refractivity (Wildman–Crippen MR) is 229 cm³/mol. The number of fused-ring (bicyclic) bond motifs is 8. The van der Waals surface area contributed by atoms with E-state index in [-0.39, 0.29) is 10.8 Å². The highest BCUT2D eigenvalue weighted by molar-refractivity contribution is 7.87. The molecule has 6 aromatic carbocycles. The molecule has 11 rings (SSSR count). The third kappa shape index (κ3) is 5.32. The SMILES string of the molecule is COS(=O)(=O)c1cccc2nc(-c3ccc(-n4c5ccccc5c5ccc6c7ccccc7n(-c7nc(-c8ccccc8)nc(C8C=CC=CC8)n7)c6c54)cc3)[nH]c12. The van der Waals surface area contributed by atoms with E-state index in [9.17, 15) is 8.42 Å². The molecule has 58 heavy (non-hydrogen) atoms. The average Bonchev–Trinajstić information content (AvgIpc) is 3.97. The van der Waals surface area contributed by atoms with E-state index in [0.29, 0.717) is 28.6 Å². The van der Waals surface area contributed by atoms with Crippen LogP contribution in [-0.4, -0.2) is 49.6 Å². The Balaban J connectivity index is 1.17.